The molecule has 2 aliphatic carbocycles. The highest BCUT2D eigenvalue weighted by molar-refractivity contribution is 7.00. The first kappa shape index (κ1) is 52.3. The number of rotatable bonds is 5. The molecule has 0 bridgehead atoms. The van der Waals surface area contributed by atoms with E-state index in [-0.39, 0.29) is 44.6 Å². The van der Waals surface area contributed by atoms with Crippen molar-refractivity contribution in [2.75, 3.05) is 14.7 Å². The van der Waals surface area contributed by atoms with Gasteiger partial charge in [0, 0.05) is 50.9 Å². The second-order valence-corrected chi connectivity index (χ2v) is 29.8. The summed E-state index contributed by atoms with van der Waals surface area (Å²) in [6.07, 6.45) is 4.64. The zero-order valence-electron chi connectivity index (χ0n) is 50.4. The van der Waals surface area contributed by atoms with E-state index in [9.17, 15) is 0 Å². The number of hydrogen-bond acceptors (Lipinski definition) is 4. The van der Waals surface area contributed by atoms with Gasteiger partial charge in [-0.25, -0.2) is 0 Å². The Labute approximate surface area is 468 Å². The van der Waals surface area contributed by atoms with Gasteiger partial charge in [0.05, 0.1) is 11.3 Å². The quantitative estimate of drug-likeness (QED) is 0.160. The molecule has 4 nitrogen and oxygen atoms in total. The Morgan fingerprint density at radius 3 is 1.36 bits per heavy atom. The van der Waals surface area contributed by atoms with Gasteiger partial charge in [0.1, 0.15) is 5.58 Å². The molecule has 5 heteroatoms. The van der Waals surface area contributed by atoms with E-state index in [4.69, 9.17) is 4.42 Å². The normalized spacial score (nSPS) is 17.7. The molecule has 1 aromatic heterocycles. The lowest BCUT2D eigenvalue weighted by Gasteiger charge is -2.45. The number of aryl methyl sites for hydroxylation is 1. The van der Waals surface area contributed by atoms with Crippen molar-refractivity contribution in [2.45, 2.75) is 188 Å². The van der Waals surface area contributed by atoms with E-state index in [1.165, 1.54) is 96.7 Å². The maximum absolute atomic E-state index is 7.52. The molecule has 4 aliphatic rings. The molecule has 78 heavy (non-hydrogen) atoms. The molecule has 8 aromatic rings. The Balaban J connectivity index is 1.16. The molecule has 0 saturated heterocycles. The highest BCUT2D eigenvalue weighted by atomic mass is 16.3. The molecule has 400 valence electrons. The molecule has 0 atom stereocenters. The Bertz CT molecular complexity index is 3660. The van der Waals surface area contributed by atoms with Crippen LogP contribution in [-0.4, -0.2) is 6.71 Å². The van der Waals surface area contributed by atoms with Gasteiger partial charge in [-0.3, -0.25) is 0 Å². The van der Waals surface area contributed by atoms with E-state index in [0.717, 1.165) is 52.2 Å². The maximum Gasteiger partial charge on any atom is 0.297 e. The fourth-order valence-corrected chi connectivity index (χ4v) is 13.9. The average molecular weight is 1030 g/mol. The van der Waals surface area contributed by atoms with Crippen LogP contribution in [0.5, 0.6) is 0 Å². The van der Waals surface area contributed by atoms with Crippen LogP contribution in [0.3, 0.4) is 0 Å². The van der Waals surface area contributed by atoms with Crippen molar-refractivity contribution in [3.05, 3.63) is 178 Å². The first-order valence-electron chi connectivity index (χ1n) is 29.2. The number of anilines is 9. The van der Waals surface area contributed by atoms with Gasteiger partial charge in [0.2, 0.25) is 0 Å². The topological polar surface area (TPSA) is 22.9 Å². The predicted molar refractivity (Wildman–Crippen MR) is 336 cm³/mol. The van der Waals surface area contributed by atoms with Crippen LogP contribution in [0.25, 0.3) is 11.0 Å². The van der Waals surface area contributed by atoms with Crippen LogP contribution in [0.15, 0.2) is 138 Å². The lowest BCUT2D eigenvalue weighted by atomic mass is 9.35. The molecule has 2 aliphatic heterocycles. The fraction of sp³-hybridized carbons (Fsp3) is 0.397. The van der Waals surface area contributed by atoms with Gasteiger partial charge in [-0.1, -0.05) is 166 Å². The predicted octanol–water partition coefficient (Wildman–Crippen LogP) is 18.9. The summed E-state index contributed by atoms with van der Waals surface area (Å²) in [4.78, 5) is 7.70. The zero-order chi connectivity index (χ0) is 55.6. The van der Waals surface area contributed by atoms with E-state index < -0.39 is 0 Å². The summed E-state index contributed by atoms with van der Waals surface area (Å²) in [6, 6.07) is 52.6. The molecule has 7 aromatic carbocycles. The maximum atomic E-state index is 7.52. The molecule has 0 fully saturated rings. The molecule has 0 unspecified atom stereocenters. The van der Waals surface area contributed by atoms with Crippen molar-refractivity contribution in [2.24, 2.45) is 0 Å². The lowest BCUT2D eigenvalue weighted by Crippen LogP contribution is -2.61. The summed E-state index contributed by atoms with van der Waals surface area (Å²) < 4.78 is 7.52. The van der Waals surface area contributed by atoms with Crippen molar-refractivity contribution in [1.82, 2.24) is 0 Å². The summed E-state index contributed by atoms with van der Waals surface area (Å²) in [5, 5.41) is 1.16. The summed E-state index contributed by atoms with van der Waals surface area (Å²) in [6.45, 7) is 42.4. The van der Waals surface area contributed by atoms with Crippen LogP contribution < -0.4 is 31.3 Å². The van der Waals surface area contributed by atoms with E-state index in [0.29, 0.717) is 0 Å². The second-order valence-electron chi connectivity index (χ2n) is 29.8. The molecule has 3 heterocycles. The van der Waals surface area contributed by atoms with Crippen molar-refractivity contribution < 1.29 is 4.42 Å². The van der Waals surface area contributed by atoms with E-state index in [1.54, 1.807) is 0 Å². The van der Waals surface area contributed by atoms with E-state index in [1.807, 2.05) is 0 Å². The second kappa shape index (κ2) is 17.3. The minimum atomic E-state index is -0.181. The standard InChI is InChI=1S/C73H84BN3O/c1-45-39-61-64-62(40-45)77(52-29-32-56-58(43-52)73(17,18)38-36-71(56,13)14)65-54-41-48(69(8,9)10)23-34-63(54)78-66(65)74(64)59-33-30-53(44-60(59)76(61)51-28-31-55-57(42-51)72(15,16)37-35-70(55,11)12)75(49-24-19-46(20-25-49)67(2,3)4)50-26-21-47(22-27-50)68(5,6)7/h19-34,39-44H,35-38H2,1-18H3. The largest absolute Gasteiger partial charge is 0.468 e. The van der Waals surface area contributed by atoms with Crippen molar-refractivity contribution >= 4 is 85.5 Å². The summed E-state index contributed by atoms with van der Waals surface area (Å²) >= 11 is 0. The Morgan fingerprint density at radius 1 is 0.436 bits per heavy atom. The number of fused-ring (bicyclic) bond motifs is 8. The average Bonchev–Trinajstić information content (AvgIpc) is 2.37. The van der Waals surface area contributed by atoms with Gasteiger partial charge in [0.25, 0.3) is 6.71 Å². The fourth-order valence-electron chi connectivity index (χ4n) is 13.9. The van der Waals surface area contributed by atoms with E-state index >= 15 is 0 Å². The van der Waals surface area contributed by atoms with Crippen LogP contribution >= 0.6 is 0 Å². The number of hydrogen-bond donors (Lipinski definition) is 0. The molecular formula is C73H84BN3O. The minimum absolute atomic E-state index is 0.0196. The van der Waals surface area contributed by atoms with Crippen LogP contribution in [0, 0.1) is 6.92 Å². The van der Waals surface area contributed by atoms with Crippen LogP contribution in [0.2, 0.25) is 0 Å². The summed E-state index contributed by atoms with van der Waals surface area (Å²) in [5.41, 5.74) is 26.2. The van der Waals surface area contributed by atoms with Gasteiger partial charge in [-0.2, -0.15) is 0 Å². The Morgan fingerprint density at radius 2 is 0.872 bits per heavy atom. The first-order valence-corrected chi connectivity index (χ1v) is 29.2. The minimum Gasteiger partial charge on any atom is -0.468 e. The highest BCUT2D eigenvalue weighted by Crippen LogP contribution is 2.54. The smallest absolute Gasteiger partial charge is 0.297 e. The van der Waals surface area contributed by atoms with Crippen LogP contribution in [0.1, 0.15) is 188 Å². The molecule has 0 amide bonds. The molecule has 12 rings (SSSR count). The third kappa shape index (κ3) is 8.37. The zero-order valence-corrected chi connectivity index (χ0v) is 50.4. The third-order valence-corrected chi connectivity index (χ3v) is 19.1. The van der Waals surface area contributed by atoms with Gasteiger partial charge >= 0.3 is 0 Å². The molecule has 0 spiro atoms. The first-order chi connectivity index (χ1) is 36.4. The molecule has 0 N–H and O–H groups in total. The SMILES string of the molecule is Cc1cc2c3c(c1)N(c1ccc4c(c1)C(C)(C)CCC4(C)C)c1c(oc4ccc(C(C)(C)C)cc14)B3c1ccc(N(c3ccc(C(C)(C)C)cc3)c3ccc(C(C)(C)C)cc3)cc1N2c1ccc2c(c1)C(C)(C)CCC2(C)C. The monoisotopic (exact) mass is 1030 g/mol. The van der Waals surface area contributed by atoms with Gasteiger partial charge in [-0.15, -0.1) is 0 Å². The van der Waals surface area contributed by atoms with Crippen molar-refractivity contribution in [3.63, 3.8) is 0 Å². The summed E-state index contributed by atoms with van der Waals surface area (Å²) in [7, 11) is 0. The number of nitrogens with zero attached hydrogens (tertiary/aromatic N) is 3. The van der Waals surface area contributed by atoms with Gasteiger partial charge in [0.15, 0.2) is 0 Å². The van der Waals surface area contributed by atoms with Crippen molar-refractivity contribution in [1.29, 1.82) is 0 Å². The van der Waals surface area contributed by atoms with Crippen LogP contribution in [0.4, 0.5) is 51.2 Å². The van der Waals surface area contributed by atoms with Gasteiger partial charge < -0.3 is 19.1 Å². The lowest BCUT2D eigenvalue weighted by molar-refractivity contribution is 0.332. The highest BCUT2D eigenvalue weighted by Gasteiger charge is 2.48. The van der Waals surface area contributed by atoms with Crippen LogP contribution in [-0.2, 0) is 37.9 Å². The van der Waals surface area contributed by atoms with Crippen molar-refractivity contribution in [3.8, 4) is 0 Å². The van der Waals surface area contributed by atoms with E-state index in [2.05, 4.69) is 273 Å². The molecular weight excluding hydrogens is 946 g/mol. The molecule has 0 radical (unpaired) electrons. The van der Waals surface area contributed by atoms with Gasteiger partial charge in [-0.05, 0) is 211 Å². The Kier molecular flexibility index (Phi) is 11.6. The Hall–Kier alpha value is -6.46. The third-order valence-electron chi connectivity index (χ3n) is 19.1. The summed E-state index contributed by atoms with van der Waals surface area (Å²) in [5.74, 6) is 0. The molecule has 0 saturated carbocycles. The number of benzene rings is 7. The number of furan rings is 1.